The third kappa shape index (κ3) is 2.29. The monoisotopic (exact) mass is 214 g/mol. The van der Waals surface area contributed by atoms with Crippen LogP contribution in [0, 0.1) is 0 Å². The Kier molecular flexibility index (Phi) is 3.35. The predicted molar refractivity (Wildman–Crippen MR) is 50.2 cm³/mol. The highest BCUT2D eigenvalue weighted by atomic mass is 16.7. The molecule has 0 radical (unpaired) electrons. The Bertz CT molecular complexity index is 312. The molecule has 0 aliphatic carbocycles. The van der Waals surface area contributed by atoms with E-state index in [-0.39, 0.29) is 12.1 Å². The molecule has 15 heavy (non-hydrogen) atoms. The summed E-state index contributed by atoms with van der Waals surface area (Å²) in [4.78, 5) is 0. The minimum Gasteiger partial charge on any atom is -0.376 e. The van der Waals surface area contributed by atoms with Gasteiger partial charge < -0.3 is 20.4 Å². The maximum atomic E-state index is 9.97. The topological polar surface area (TPSA) is 107 Å². The lowest BCUT2D eigenvalue weighted by Gasteiger charge is -2.34. The molecule has 1 unspecified atom stereocenters. The average molecular weight is 214 g/mol. The van der Waals surface area contributed by atoms with Crippen molar-refractivity contribution in [2.75, 3.05) is 0 Å². The van der Waals surface area contributed by atoms with Crippen LogP contribution < -0.4 is 0 Å². The minimum absolute atomic E-state index is 0.0464. The highest BCUT2D eigenvalue weighted by molar-refractivity contribution is 5.12. The molecule has 0 aliphatic rings. The molecule has 1 atom stereocenters. The normalized spacial score (nSPS) is 16.1. The summed E-state index contributed by atoms with van der Waals surface area (Å²) >= 11 is 0. The van der Waals surface area contributed by atoms with Gasteiger partial charge in [0.2, 0.25) is 0 Å². The van der Waals surface area contributed by atoms with Gasteiger partial charge in [-0.3, -0.25) is 0 Å². The van der Waals surface area contributed by atoms with E-state index in [0.717, 1.165) is 0 Å². The molecule has 1 heterocycles. The Morgan fingerprint density at radius 1 is 1.27 bits per heavy atom. The van der Waals surface area contributed by atoms with Gasteiger partial charge in [0.05, 0.1) is 0 Å². The van der Waals surface area contributed by atoms with Gasteiger partial charge in [-0.25, -0.2) is 0 Å². The molecule has 0 amide bonds. The summed E-state index contributed by atoms with van der Waals surface area (Å²) in [5.74, 6) is -3.24. The zero-order valence-corrected chi connectivity index (χ0v) is 8.33. The lowest BCUT2D eigenvalue weighted by Crippen LogP contribution is -2.52. The maximum Gasteiger partial charge on any atom is 0.312 e. The van der Waals surface area contributed by atoms with E-state index in [9.17, 15) is 5.11 Å². The molecule has 0 saturated heterocycles. The van der Waals surface area contributed by atoms with Crippen LogP contribution in [0.3, 0.4) is 0 Å². The number of aromatic nitrogens is 2. The molecule has 1 aromatic heterocycles. The molecular weight excluding hydrogens is 200 g/mol. The van der Waals surface area contributed by atoms with Crippen LogP contribution in [0.1, 0.15) is 25.5 Å². The number of nitrogens with zero attached hydrogens (tertiary/aromatic N) is 2. The predicted octanol–water partition coefficient (Wildman–Crippen LogP) is -0.905. The first kappa shape index (κ1) is 12.0. The molecular formula is C9H14N2O4. The molecule has 4 N–H and O–H groups in total. The molecule has 1 rings (SSSR count). The summed E-state index contributed by atoms with van der Waals surface area (Å²) in [6.07, 6.45) is 1.77. The van der Waals surface area contributed by atoms with E-state index in [0.29, 0.717) is 6.42 Å². The second kappa shape index (κ2) is 4.19. The Labute approximate surface area is 86.8 Å². The van der Waals surface area contributed by atoms with E-state index in [2.05, 4.69) is 10.2 Å². The van der Waals surface area contributed by atoms with Gasteiger partial charge in [0.1, 0.15) is 5.69 Å². The van der Waals surface area contributed by atoms with Crippen LogP contribution >= 0.6 is 0 Å². The highest BCUT2D eigenvalue weighted by Gasteiger charge is 2.49. The number of hydrogen-bond donors (Lipinski definition) is 4. The summed E-state index contributed by atoms with van der Waals surface area (Å²) < 4.78 is 0. The SMILES string of the molecule is CCCC(O)(c1cccnn1)C(O)(O)O. The van der Waals surface area contributed by atoms with Crippen molar-refractivity contribution in [3.05, 3.63) is 24.0 Å². The van der Waals surface area contributed by atoms with Crippen molar-refractivity contribution in [3.8, 4) is 0 Å². The van der Waals surface area contributed by atoms with Crippen molar-refractivity contribution >= 4 is 0 Å². The van der Waals surface area contributed by atoms with Gasteiger partial charge in [-0.2, -0.15) is 10.2 Å². The quantitative estimate of drug-likeness (QED) is 0.484. The molecule has 0 aliphatic heterocycles. The van der Waals surface area contributed by atoms with E-state index in [1.807, 2.05) is 0 Å². The fourth-order valence-corrected chi connectivity index (χ4v) is 1.35. The summed E-state index contributed by atoms with van der Waals surface area (Å²) in [6, 6.07) is 2.84. The zero-order chi connectivity index (χ0) is 11.5. The molecule has 84 valence electrons. The molecule has 0 saturated carbocycles. The fraction of sp³-hybridized carbons (Fsp3) is 0.556. The minimum atomic E-state index is -3.24. The van der Waals surface area contributed by atoms with Gasteiger partial charge in [-0.1, -0.05) is 13.3 Å². The molecule has 0 fully saturated rings. The van der Waals surface area contributed by atoms with Gasteiger partial charge in [0, 0.05) is 6.20 Å². The van der Waals surface area contributed by atoms with Crippen LogP contribution in [0.4, 0.5) is 0 Å². The molecule has 1 aromatic rings. The Balaban J connectivity index is 3.13. The molecule has 0 aromatic carbocycles. The van der Waals surface area contributed by atoms with Crippen molar-refractivity contribution in [2.24, 2.45) is 0 Å². The van der Waals surface area contributed by atoms with Crippen molar-refractivity contribution < 1.29 is 20.4 Å². The first-order chi connectivity index (χ1) is 6.92. The molecule has 0 spiro atoms. The zero-order valence-electron chi connectivity index (χ0n) is 8.33. The van der Waals surface area contributed by atoms with Gasteiger partial charge in [0.15, 0.2) is 5.60 Å². The van der Waals surface area contributed by atoms with E-state index >= 15 is 0 Å². The van der Waals surface area contributed by atoms with Gasteiger partial charge >= 0.3 is 5.97 Å². The third-order valence-corrected chi connectivity index (χ3v) is 2.16. The largest absolute Gasteiger partial charge is 0.376 e. The van der Waals surface area contributed by atoms with Crippen LogP contribution in [0.15, 0.2) is 18.3 Å². The molecule has 6 nitrogen and oxygen atoms in total. The summed E-state index contributed by atoms with van der Waals surface area (Å²) in [6.45, 7) is 1.73. The van der Waals surface area contributed by atoms with E-state index in [4.69, 9.17) is 15.3 Å². The van der Waals surface area contributed by atoms with Crippen LogP contribution in [-0.2, 0) is 5.60 Å². The fourth-order valence-electron chi connectivity index (χ4n) is 1.35. The van der Waals surface area contributed by atoms with Gasteiger partial charge in [-0.15, -0.1) is 0 Å². The number of rotatable bonds is 4. The van der Waals surface area contributed by atoms with Gasteiger partial charge in [0.25, 0.3) is 0 Å². The van der Waals surface area contributed by atoms with Gasteiger partial charge in [-0.05, 0) is 18.6 Å². The van der Waals surface area contributed by atoms with Crippen LogP contribution in [-0.4, -0.2) is 36.6 Å². The summed E-state index contributed by atoms with van der Waals surface area (Å²) in [5, 5.41) is 44.4. The van der Waals surface area contributed by atoms with Crippen LogP contribution in [0.25, 0.3) is 0 Å². The standard InChI is InChI=1S/C9H14N2O4/c1-2-5-8(12,9(13,14)15)7-4-3-6-10-11-7/h3-4,6,12-15H,2,5H2,1H3. The first-order valence-corrected chi connectivity index (χ1v) is 4.59. The first-order valence-electron chi connectivity index (χ1n) is 4.59. The Morgan fingerprint density at radius 3 is 2.33 bits per heavy atom. The maximum absolute atomic E-state index is 9.97. The second-order valence-electron chi connectivity index (χ2n) is 3.35. The number of aliphatic hydroxyl groups is 4. The summed E-state index contributed by atoms with van der Waals surface area (Å²) in [5.41, 5.74) is -2.31. The third-order valence-electron chi connectivity index (χ3n) is 2.16. The Morgan fingerprint density at radius 2 is 1.93 bits per heavy atom. The Hall–Kier alpha value is -1.08. The smallest absolute Gasteiger partial charge is 0.312 e. The number of hydrogen-bond acceptors (Lipinski definition) is 6. The lowest BCUT2D eigenvalue weighted by atomic mass is 9.91. The van der Waals surface area contributed by atoms with Crippen LogP contribution in [0.5, 0.6) is 0 Å². The van der Waals surface area contributed by atoms with E-state index in [1.54, 1.807) is 6.92 Å². The van der Waals surface area contributed by atoms with Crippen LogP contribution in [0.2, 0.25) is 0 Å². The molecule has 6 heteroatoms. The second-order valence-corrected chi connectivity index (χ2v) is 3.35. The van der Waals surface area contributed by atoms with Crippen molar-refractivity contribution in [3.63, 3.8) is 0 Å². The lowest BCUT2D eigenvalue weighted by molar-refractivity contribution is -0.399. The van der Waals surface area contributed by atoms with E-state index < -0.39 is 11.6 Å². The van der Waals surface area contributed by atoms with Crippen molar-refractivity contribution in [1.82, 2.24) is 10.2 Å². The van der Waals surface area contributed by atoms with Crippen molar-refractivity contribution in [2.45, 2.75) is 31.3 Å². The van der Waals surface area contributed by atoms with Crippen molar-refractivity contribution in [1.29, 1.82) is 0 Å². The summed E-state index contributed by atoms with van der Waals surface area (Å²) in [7, 11) is 0. The highest BCUT2D eigenvalue weighted by Crippen LogP contribution is 2.32. The average Bonchev–Trinajstić information content (AvgIpc) is 2.18. The molecule has 0 bridgehead atoms. The van der Waals surface area contributed by atoms with E-state index in [1.165, 1.54) is 18.3 Å².